The van der Waals surface area contributed by atoms with Gasteiger partial charge in [-0.25, -0.2) is 0 Å². The molecule has 33 heavy (non-hydrogen) atoms. The van der Waals surface area contributed by atoms with Crippen molar-refractivity contribution in [3.05, 3.63) is 12.7 Å². The first-order chi connectivity index (χ1) is 15.6. The van der Waals surface area contributed by atoms with E-state index in [0.717, 1.165) is 25.7 Å². The quantitative estimate of drug-likeness (QED) is 0.286. The molecule has 8 heteroatoms. The van der Waals surface area contributed by atoms with E-state index in [1.54, 1.807) is 22.8 Å². The second-order valence-electron chi connectivity index (χ2n) is 10.4. The van der Waals surface area contributed by atoms with Gasteiger partial charge in [-0.05, 0) is 53.4 Å². The van der Waals surface area contributed by atoms with E-state index in [1.807, 2.05) is 20.8 Å². The number of fused-ring (bicyclic) bond motifs is 1. The first kappa shape index (κ1) is 25.7. The van der Waals surface area contributed by atoms with Crippen LogP contribution in [0.15, 0.2) is 12.7 Å². The average molecular weight is 465 g/mol. The molecule has 3 aliphatic rings. The lowest BCUT2D eigenvalue weighted by Crippen LogP contribution is -2.59. The van der Waals surface area contributed by atoms with E-state index in [0.29, 0.717) is 25.9 Å². The molecule has 1 N–H and O–H groups in total. The van der Waals surface area contributed by atoms with Crippen molar-refractivity contribution < 1.29 is 29.0 Å². The Labute approximate surface area is 197 Å². The Kier molecular flexibility index (Phi) is 7.89. The maximum Gasteiger partial charge on any atom is 0.312 e. The molecular formula is C25H40N2O6. The van der Waals surface area contributed by atoms with Gasteiger partial charge in [-0.3, -0.25) is 14.4 Å². The predicted molar refractivity (Wildman–Crippen MR) is 123 cm³/mol. The number of nitrogens with zero attached hydrogens (tertiary/aromatic N) is 2. The molecular weight excluding hydrogens is 424 g/mol. The third-order valence-electron chi connectivity index (χ3n) is 7.29. The Hall–Kier alpha value is -1.93. The maximum atomic E-state index is 14.1. The molecule has 0 aliphatic carbocycles. The lowest BCUT2D eigenvalue weighted by Gasteiger charge is -2.42. The van der Waals surface area contributed by atoms with Gasteiger partial charge in [0.2, 0.25) is 11.8 Å². The zero-order chi connectivity index (χ0) is 24.4. The summed E-state index contributed by atoms with van der Waals surface area (Å²) in [6.07, 6.45) is 5.68. The van der Waals surface area contributed by atoms with Crippen LogP contribution in [-0.4, -0.2) is 82.3 Å². The highest BCUT2D eigenvalue weighted by Crippen LogP contribution is 2.59. The molecule has 3 fully saturated rings. The van der Waals surface area contributed by atoms with Gasteiger partial charge in [0.1, 0.15) is 11.6 Å². The van der Waals surface area contributed by atoms with Crippen molar-refractivity contribution >= 4 is 17.8 Å². The molecule has 8 nitrogen and oxygen atoms in total. The van der Waals surface area contributed by atoms with Crippen molar-refractivity contribution in [3.63, 3.8) is 0 Å². The molecule has 3 heterocycles. The molecule has 1 spiro atoms. The minimum atomic E-state index is -0.994. The van der Waals surface area contributed by atoms with Crippen LogP contribution in [0, 0.1) is 11.8 Å². The zero-order valence-electron chi connectivity index (χ0n) is 20.5. The summed E-state index contributed by atoms with van der Waals surface area (Å²) in [5.41, 5.74) is -1.46. The van der Waals surface area contributed by atoms with E-state index in [-0.39, 0.29) is 31.1 Å². The number of rotatable bonds is 11. The first-order valence-corrected chi connectivity index (χ1v) is 12.3. The van der Waals surface area contributed by atoms with Gasteiger partial charge < -0.3 is 24.4 Å². The Balaban J connectivity index is 1.96. The fraction of sp³-hybridized carbons (Fsp3) is 0.800. The Morgan fingerprint density at radius 3 is 2.61 bits per heavy atom. The van der Waals surface area contributed by atoms with E-state index in [2.05, 4.69) is 6.58 Å². The van der Waals surface area contributed by atoms with Crippen molar-refractivity contribution in [1.29, 1.82) is 0 Å². The summed E-state index contributed by atoms with van der Waals surface area (Å²) in [5, 5.41) is 9.04. The van der Waals surface area contributed by atoms with Gasteiger partial charge in [0.05, 0.1) is 24.5 Å². The van der Waals surface area contributed by atoms with E-state index < -0.39 is 35.0 Å². The van der Waals surface area contributed by atoms with Crippen LogP contribution < -0.4 is 0 Å². The fourth-order valence-corrected chi connectivity index (χ4v) is 5.90. The molecule has 3 saturated heterocycles. The number of hydrogen-bond donors (Lipinski definition) is 1. The summed E-state index contributed by atoms with van der Waals surface area (Å²) in [6, 6.07) is -0.767. The standard InChI is InChI=1S/C25H40N2O6/c1-6-14-27(24(3,4)5)22(30)20-25-13-12-17(33-25)18(23(31)32-7-2)19(25)21(29)26(20)15-10-8-9-11-16-28/h6,17-20,28H,1,7-16H2,2-5H3/t17-,18+,19+,20-,25+/m1/s1. The molecule has 5 atom stereocenters. The number of carbonyl (C=O) groups excluding carboxylic acids is 3. The number of esters is 1. The third-order valence-corrected chi connectivity index (χ3v) is 7.29. The summed E-state index contributed by atoms with van der Waals surface area (Å²) >= 11 is 0. The fourth-order valence-electron chi connectivity index (χ4n) is 5.90. The van der Waals surface area contributed by atoms with Gasteiger partial charge in [0.25, 0.3) is 0 Å². The van der Waals surface area contributed by atoms with Crippen molar-refractivity contribution in [2.24, 2.45) is 11.8 Å². The normalized spacial score (nSPS) is 30.5. The van der Waals surface area contributed by atoms with Crippen molar-refractivity contribution in [2.45, 2.75) is 89.5 Å². The molecule has 186 valence electrons. The molecule has 3 rings (SSSR count). The molecule has 0 unspecified atom stereocenters. The minimum absolute atomic E-state index is 0.146. The largest absolute Gasteiger partial charge is 0.466 e. The van der Waals surface area contributed by atoms with Gasteiger partial charge in [-0.2, -0.15) is 0 Å². The van der Waals surface area contributed by atoms with Gasteiger partial charge in [-0.1, -0.05) is 18.9 Å². The molecule has 0 aromatic carbocycles. The van der Waals surface area contributed by atoms with Crippen LogP contribution in [0.4, 0.5) is 0 Å². The molecule has 2 bridgehead atoms. The highest BCUT2D eigenvalue weighted by Gasteiger charge is 2.75. The highest BCUT2D eigenvalue weighted by atomic mass is 16.6. The Bertz CT molecular complexity index is 762. The van der Waals surface area contributed by atoms with Crippen molar-refractivity contribution in [2.75, 3.05) is 26.3 Å². The van der Waals surface area contributed by atoms with Gasteiger partial charge in [0.15, 0.2) is 0 Å². The van der Waals surface area contributed by atoms with Crippen LogP contribution in [0.2, 0.25) is 0 Å². The average Bonchev–Trinajstić information content (AvgIpc) is 3.38. The first-order valence-electron chi connectivity index (χ1n) is 12.3. The molecule has 0 aromatic rings. The van der Waals surface area contributed by atoms with E-state index in [4.69, 9.17) is 14.6 Å². The van der Waals surface area contributed by atoms with Crippen LogP contribution in [-0.2, 0) is 23.9 Å². The molecule has 2 amide bonds. The number of aliphatic hydroxyl groups excluding tert-OH is 1. The van der Waals surface area contributed by atoms with Crippen molar-refractivity contribution in [1.82, 2.24) is 9.80 Å². The number of hydrogen-bond acceptors (Lipinski definition) is 6. The Morgan fingerprint density at radius 1 is 1.30 bits per heavy atom. The number of likely N-dealkylation sites (tertiary alicyclic amines) is 1. The van der Waals surface area contributed by atoms with Crippen LogP contribution in [0.1, 0.15) is 66.2 Å². The van der Waals surface area contributed by atoms with Crippen LogP contribution >= 0.6 is 0 Å². The number of carbonyl (C=O) groups is 3. The smallest absolute Gasteiger partial charge is 0.312 e. The number of amides is 2. The SMILES string of the molecule is C=CCN(C(=O)[C@H]1N(CCCCCCO)C(=O)[C@@H]2[C@@H](C(=O)OCC)[C@H]3CC[C@]21O3)C(C)(C)C. The van der Waals surface area contributed by atoms with Crippen LogP contribution in [0.3, 0.4) is 0 Å². The number of unbranched alkanes of at least 4 members (excludes halogenated alkanes) is 3. The molecule has 0 radical (unpaired) electrons. The van der Waals surface area contributed by atoms with E-state index in [1.165, 1.54) is 0 Å². The third kappa shape index (κ3) is 4.56. The summed E-state index contributed by atoms with van der Waals surface area (Å²) in [7, 11) is 0. The monoisotopic (exact) mass is 464 g/mol. The number of aliphatic hydroxyl groups is 1. The zero-order valence-corrected chi connectivity index (χ0v) is 20.5. The lowest BCUT2D eigenvalue weighted by molar-refractivity contribution is -0.155. The molecule has 3 aliphatic heterocycles. The van der Waals surface area contributed by atoms with Gasteiger partial charge >= 0.3 is 5.97 Å². The van der Waals surface area contributed by atoms with Crippen molar-refractivity contribution in [3.8, 4) is 0 Å². The minimum Gasteiger partial charge on any atom is -0.466 e. The van der Waals surface area contributed by atoms with Crippen LogP contribution in [0.25, 0.3) is 0 Å². The van der Waals surface area contributed by atoms with E-state index in [9.17, 15) is 14.4 Å². The van der Waals surface area contributed by atoms with Crippen LogP contribution in [0.5, 0.6) is 0 Å². The highest BCUT2D eigenvalue weighted by molar-refractivity contribution is 5.98. The summed E-state index contributed by atoms with van der Waals surface area (Å²) in [6.45, 7) is 12.6. The Morgan fingerprint density at radius 2 is 2.00 bits per heavy atom. The van der Waals surface area contributed by atoms with E-state index >= 15 is 0 Å². The second kappa shape index (κ2) is 10.1. The molecule has 0 aromatic heterocycles. The second-order valence-corrected chi connectivity index (χ2v) is 10.4. The maximum absolute atomic E-state index is 14.1. The lowest BCUT2D eigenvalue weighted by atomic mass is 9.70. The predicted octanol–water partition coefficient (Wildman–Crippen LogP) is 2.29. The summed E-state index contributed by atoms with van der Waals surface area (Å²) in [4.78, 5) is 44.1. The summed E-state index contributed by atoms with van der Waals surface area (Å²) < 4.78 is 11.7. The molecule has 0 saturated carbocycles. The summed E-state index contributed by atoms with van der Waals surface area (Å²) in [5.74, 6) is -2.09. The number of ether oxygens (including phenoxy) is 2. The van der Waals surface area contributed by atoms with Gasteiger partial charge in [-0.15, -0.1) is 6.58 Å². The van der Waals surface area contributed by atoms with Gasteiger partial charge in [0, 0.05) is 25.2 Å². The topological polar surface area (TPSA) is 96.4 Å².